The van der Waals surface area contributed by atoms with Crippen LogP contribution < -0.4 is 56.5 Å². The molecule has 1 fully saturated rings. The first-order valence-corrected chi connectivity index (χ1v) is 19.4. The molecule has 324 valence electrons. The largest absolute Gasteiger partial charge is 1.00 e. The van der Waals surface area contributed by atoms with E-state index >= 15 is 0 Å². The second-order valence-corrected chi connectivity index (χ2v) is 13.6. The molecule has 1 saturated heterocycles. The summed E-state index contributed by atoms with van der Waals surface area (Å²) in [5.41, 5.74) is -2.22. The molecular formula is C35H34ClF7I2KN11O4. The van der Waals surface area contributed by atoms with Gasteiger partial charge in [-0.05, 0) is 35.4 Å². The van der Waals surface area contributed by atoms with Crippen molar-refractivity contribution in [3.8, 4) is 0 Å². The molecule has 4 aromatic rings. The molecule has 4 aromatic heterocycles. The maximum Gasteiger partial charge on any atom is 1.00 e. The first-order valence-electron chi connectivity index (χ1n) is 16.3. The van der Waals surface area contributed by atoms with E-state index in [9.17, 15) is 35.8 Å². The summed E-state index contributed by atoms with van der Waals surface area (Å²) in [6, 6.07) is 0. The molecule has 5 heterocycles. The van der Waals surface area contributed by atoms with Gasteiger partial charge >= 0.3 is 69.2 Å². The van der Waals surface area contributed by atoms with Gasteiger partial charge in [-0.1, -0.05) is 74.7 Å². The van der Waals surface area contributed by atoms with Gasteiger partial charge in [0.05, 0.1) is 35.4 Å². The predicted molar refractivity (Wildman–Crippen MR) is 220 cm³/mol. The fraction of sp³-hybridized carbons (Fsp3) is 0.400. The molecule has 0 spiro atoms. The van der Waals surface area contributed by atoms with Crippen molar-refractivity contribution in [3.63, 3.8) is 0 Å². The van der Waals surface area contributed by atoms with Gasteiger partial charge in [0.25, 0.3) is 17.5 Å². The van der Waals surface area contributed by atoms with Crippen LogP contribution in [-0.4, -0.2) is 86.5 Å². The summed E-state index contributed by atoms with van der Waals surface area (Å²) in [6.07, 6.45) is 10.6. The van der Waals surface area contributed by atoms with Crippen LogP contribution in [0.5, 0.6) is 0 Å². The van der Waals surface area contributed by atoms with Crippen LogP contribution >= 0.6 is 56.8 Å². The molecule has 61 heavy (non-hydrogen) atoms. The van der Waals surface area contributed by atoms with E-state index < -0.39 is 59.5 Å². The number of rotatable bonds is 7. The predicted octanol–water partition coefficient (Wildman–Crippen LogP) is 5.56. The Morgan fingerprint density at radius 3 is 1.31 bits per heavy atom. The van der Waals surface area contributed by atoms with Gasteiger partial charge in [-0.25, -0.2) is 9.37 Å². The molecule has 0 radical (unpaired) electrons. The zero-order chi connectivity index (χ0) is 46.0. The molecule has 5 rings (SSSR count). The summed E-state index contributed by atoms with van der Waals surface area (Å²) in [4.78, 5) is 36.6. The number of aromatic nitrogens is 8. The van der Waals surface area contributed by atoms with Gasteiger partial charge < -0.3 is 34.6 Å². The number of ether oxygens (including phenoxy) is 1. The maximum atomic E-state index is 12.9. The molecule has 0 saturated carbocycles. The van der Waals surface area contributed by atoms with Crippen molar-refractivity contribution in [2.24, 2.45) is 0 Å². The van der Waals surface area contributed by atoms with Crippen LogP contribution in [0, 0.1) is 19.7 Å². The molecule has 0 amide bonds. The molecule has 15 nitrogen and oxygen atoms in total. The SMILES string of the molecule is C1CCOC1.CC(C)(C)[O-].OCC(F)(F)c1cnc(Cl)cn1.[C-]#[N+]c1cnc(/C(F)=C/I)cn1.[C-]#[N+]c1cnc(C(F)(F)CI)cn1.[C-]#[N+]c1cnc(C(F)(F)CO)cn1.[K+]. The Hall–Kier alpha value is -2.73. The molecule has 0 atom stereocenters. The van der Waals surface area contributed by atoms with E-state index in [1.165, 1.54) is 29.3 Å². The third-order valence-corrected chi connectivity index (χ3v) is 7.44. The topological polar surface area (TPSA) is 189 Å². The second kappa shape index (κ2) is 31.2. The smallest absolute Gasteiger partial charge is 0.850 e. The summed E-state index contributed by atoms with van der Waals surface area (Å²) in [5, 5.41) is 26.7. The maximum absolute atomic E-state index is 12.9. The van der Waals surface area contributed by atoms with Gasteiger partial charge in [-0.15, -0.1) is 20.6 Å². The van der Waals surface area contributed by atoms with Crippen LogP contribution in [0.2, 0.25) is 5.15 Å². The van der Waals surface area contributed by atoms with Crippen molar-refractivity contribution >= 4 is 80.1 Å². The Bertz CT molecular complexity index is 1920. The molecule has 1 aliphatic rings. The average molecular weight is 1130 g/mol. The number of hydrogen-bond donors (Lipinski definition) is 2. The van der Waals surface area contributed by atoms with Crippen molar-refractivity contribution in [3.05, 3.63) is 116 Å². The third-order valence-electron chi connectivity index (χ3n) is 5.74. The van der Waals surface area contributed by atoms with Crippen LogP contribution in [0.25, 0.3) is 20.4 Å². The third kappa shape index (κ3) is 26.5. The summed E-state index contributed by atoms with van der Waals surface area (Å²) < 4.78 is 95.1. The molecule has 1 aliphatic heterocycles. The van der Waals surface area contributed by atoms with E-state index in [1.807, 2.05) is 0 Å². The van der Waals surface area contributed by atoms with E-state index in [2.05, 4.69) is 54.4 Å². The Balaban J connectivity index is 0. The van der Waals surface area contributed by atoms with Gasteiger partial charge in [-0.3, -0.25) is 19.9 Å². The summed E-state index contributed by atoms with van der Waals surface area (Å²) in [6.45, 7) is 23.9. The number of nitrogens with zero attached hydrogens (tertiary/aromatic N) is 11. The van der Waals surface area contributed by atoms with Gasteiger partial charge in [0.2, 0.25) is 0 Å². The molecule has 26 heteroatoms. The van der Waals surface area contributed by atoms with Gasteiger partial charge in [0, 0.05) is 17.3 Å². The zero-order valence-corrected chi connectivity index (χ0v) is 40.7. The molecule has 0 aliphatic carbocycles. The Morgan fingerprint density at radius 2 is 1.07 bits per heavy atom. The first kappa shape index (κ1) is 60.4. The molecular weight excluding hydrogens is 1100 g/mol. The monoisotopic (exact) mass is 1130 g/mol. The number of aliphatic hydroxyl groups excluding tert-OH is 2. The summed E-state index contributed by atoms with van der Waals surface area (Å²) >= 11 is 8.67. The van der Waals surface area contributed by atoms with Crippen molar-refractivity contribution in [2.45, 2.75) is 57.0 Å². The Kier molecular flexibility index (Phi) is 30.8. The van der Waals surface area contributed by atoms with Crippen molar-refractivity contribution < 1.29 is 102 Å². The minimum Gasteiger partial charge on any atom is -0.850 e. The standard InChI is InChI=1S/C7H4F2IN3.C7H5F2N3O.C7H3FIN3.C6H5ClF2N2O.C4H8O.C4H9O.K/c1-11-6-3-12-5(2-13-6)7(8,9)4-10;1-10-6-3-11-5(2-12-6)7(8,9)4-13;1-10-7-4-11-6(3-12-7)5(8)2-9;7-5-2-10-4(1-11-5)6(8,9)3-12;1-2-4-5-3-1;1-4(2,3)5;/h2-3H,4H2;2-3,13H,4H2;2-4H;1-2,12H,3H2;1-4H2;1-3H3;/q;;;;;-1;+1/b;;5-2-;;;;. The molecule has 0 unspecified atom stereocenters. The van der Waals surface area contributed by atoms with Crippen LogP contribution in [-0.2, 0) is 22.5 Å². The average Bonchev–Trinajstić information content (AvgIpc) is 3.85. The Morgan fingerprint density at radius 1 is 0.705 bits per heavy atom. The fourth-order valence-corrected chi connectivity index (χ4v) is 3.74. The molecule has 2 N–H and O–H groups in total. The van der Waals surface area contributed by atoms with Gasteiger partial charge in [-0.2, -0.15) is 26.3 Å². The van der Waals surface area contributed by atoms with Crippen LogP contribution in [0.3, 0.4) is 0 Å². The number of hydrogen-bond acceptors (Lipinski definition) is 12. The van der Waals surface area contributed by atoms with Crippen LogP contribution in [0.1, 0.15) is 56.4 Å². The normalized spacial score (nSPS) is 12.0. The van der Waals surface area contributed by atoms with E-state index in [0.29, 0.717) is 0 Å². The van der Waals surface area contributed by atoms with Crippen LogP contribution in [0.15, 0.2) is 53.7 Å². The summed E-state index contributed by atoms with van der Waals surface area (Å²) in [7, 11) is 0. The zero-order valence-electron chi connectivity index (χ0n) is 32.6. The van der Waals surface area contributed by atoms with Crippen molar-refractivity contribution in [1.82, 2.24) is 39.9 Å². The molecule has 0 aromatic carbocycles. The van der Waals surface area contributed by atoms with E-state index in [0.717, 1.165) is 50.4 Å². The minimum atomic E-state index is -3.40. The van der Waals surface area contributed by atoms with Crippen LogP contribution in [0.4, 0.5) is 48.2 Å². The van der Waals surface area contributed by atoms with E-state index in [1.54, 1.807) is 66.0 Å². The fourth-order valence-electron chi connectivity index (χ4n) is 2.94. The van der Waals surface area contributed by atoms with E-state index in [-0.39, 0.29) is 84.1 Å². The number of halogens is 10. The Labute approximate surface area is 421 Å². The summed E-state index contributed by atoms with van der Waals surface area (Å²) in [5.74, 6) is -10.0. The quantitative estimate of drug-likeness (QED) is 0.0773. The van der Waals surface area contributed by atoms with Gasteiger partial charge in [0.15, 0.2) is 17.2 Å². The second-order valence-electron chi connectivity index (χ2n) is 11.8. The minimum absolute atomic E-state index is 0. The number of alkyl halides is 7. The number of aliphatic hydroxyl groups is 2. The van der Waals surface area contributed by atoms with Crippen molar-refractivity contribution in [1.29, 1.82) is 0 Å². The van der Waals surface area contributed by atoms with E-state index in [4.69, 9.17) is 46.3 Å². The first-order chi connectivity index (χ1) is 28.0. The van der Waals surface area contributed by atoms with Gasteiger partial charge in [0.1, 0.15) is 48.3 Å². The molecule has 0 bridgehead atoms. The van der Waals surface area contributed by atoms with Crippen molar-refractivity contribution in [2.75, 3.05) is 30.9 Å².